The predicted octanol–water partition coefficient (Wildman–Crippen LogP) is 4.56. The molecule has 1 aliphatic heterocycles. The highest BCUT2D eigenvalue weighted by Gasteiger charge is 2.41. The van der Waals surface area contributed by atoms with Crippen molar-refractivity contribution in [1.29, 1.82) is 0 Å². The van der Waals surface area contributed by atoms with E-state index in [0.717, 1.165) is 36.5 Å². The molecule has 2 aromatic carbocycles. The van der Waals surface area contributed by atoms with Crippen molar-refractivity contribution in [1.82, 2.24) is 24.5 Å². The van der Waals surface area contributed by atoms with Gasteiger partial charge in [0.25, 0.3) is 5.91 Å². The topological polar surface area (TPSA) is 117 Å². The Hall–Kier alpha value is -3.82. The number of carbonyl (C=O) groups excluding carboxylic acids is 1. The van der Waals surface area contributed by atoms with Crippen LogP contribution in [-0.4, -0.2) is 80.1 Å². The standard InChI is InChI=1S/C31H36F4N6O4S/c1-40-11-9-20(10-12-40)37-29(42)22-15-26(27(45-3)16-24(22)32)39-30-36-17-23(31(33,34)35)25(38-30)14-19-13-18-7-5-6-8-21(18)28(19)41(2)46(4,43)44/h5-8,15-17,19-20,28H,9-14H2,1-4H3,(H,37,42)(H,36,38,39)/t19-,28-/m0/s1. The van der Waals surface area contributed by atoms with Gasteiger partial charge in [0.2, 0.25) is 16.0 Å². The molecule has 1 aromatic heterocycles. The maximum Gasteiger partial charge on any atom is 0.419 e. The second kappa shape index (κ2) is 13.1. The monoisotopic (exact) mass is 664 g/mol. The van der Waals surface area contributed by atoms with Crippen LogP contribution < -0.4 is 15.4 Å². The largest absolute Gasteiger partial charge is 0.494 e. The third kappa shape index (κ3) is 7.26. The lowest BCUT2D eigenvalue weighted by atomic mass is 9.93. The maximum atomic E-state index is 15.0. The van der Waals surface area contributed by atoms with Crippen molar-refractivity contribution < 1.29 is 35.5 Å². The third-order valence-electron chi connectivity index (χ3n) is 8.68. The molecule has 15 heteroatoms. The smallest absolute Gasteiger partial charge is 0.419 e. The lowest BCUT2D eigenvalue weighted by Crippen LogP contribution is -2.43. The van der Waals surface area contributed by atoms with Crippen LogP contribution in [0.4, 0.5) is 29.2 Å². The number of nitrogens with zero attached hydrogens (tertiary/aromatic N) is 4. The molecule has 0 radical (unpaired) electrons. The second-order valence-electron chi connectivity index (χ2n) is 11.9. The van der Waals surface area contributed by atoms with E-state index in [2.05, 4.69) is 25.5 Å². The molecule has 0 unspecified atom stereocenters. The maximum absolute atomic E-state index is 15.0. The van der Waals surface area contributed by atoms with Crippen molar-refractivity contribution in [2.75, 3.05) is 45.9 Å². The van der Waals surface area contributed by atoms with Crippen LogP contribution >= 0.6 is 0 Å². The van der Waals surface area contributed by atoms with Gasteiger partial charge in [-0.3, -0.25) is 4.79 Å². The van der Waals surface area contributed by atoms with Crippen LogP contribution in [0.15, 0.2) is 42.6 Å². The number of hydrogen-bond acceptors (Lipinski definition) is 8. The Morgan fingerprint density at radius 2 is 1.87 bits per heavy atom. The molecule has 1 aliphatic carbocycles. The zero-order valence-corrected chi connectivity index (χ0v) is 26.7. The van der Waals surface area contributed by atoms with Crippen LogP contribution in [0.3, 0.4) is 0 Å². The number of aromatic nitrogens is 2. The number of alkyl halides is 3. The number of amides is 1. The predicted molar refractivity (Wildman–Crippen MR) is 164 cm³/mol. The van der Waals surface area contributed by atoms with Crippen LogP contribution in [0.2, 0.25) is 0 Å². The Balaban J connectivity index is 1.46. The Morgan fingerprint density at radius 3 is 2.52 bits per heavy atom. The molecule has 2 heterocycles. The Labute approximate surface area is 265 Å². The molecule has 2 aliphatic rings. The molecular formula is C31H36F4N6O4S. The van der Waals surface area contributed by atoms with Gasteiger partial charge in [-0.15, -0.1) is 0 Å². The summed E-state index contributed by atoms with van der Waals surface area (Å²) in [7, 11) is 0.986. The van der Waals surface area contributed by atoms with Gasteiger partial charge in [-0.25, -0.2) is 22.8 Å². The first kappa shape index (κ1) is 33.5. The quantitative estimate of drug-likeness (QED) is 0.320. The highest BCUT2D eigenvalue weighted by Crippen LogP contribution is 2.43. The molecule has 248 valence electrons. The summed E-state index contributed by atoms with van der Waals surface area (Å²) < 4.78 is 89.1. The normalized spacial score (nSPS) is 19.2. The van der Waals surface area contributed by atoms with Crippen molar-refractivity contribution in [3.05, 3.63) is 76.4 Å². The van der Waals surface area contributed by atoms with E-state index in [9.17, 15) is 26.4 Å². The first-order valence-corrected chi connectivity index (χ1v) is 16.6. The van der Waals surface area contributed by atoms with Crippen molar-refractivity contribution in [3.8, 4) is 5.75 Å². The number of rotatable bonds is 9. The van der Waals surface area contributed by atoms with Crippen molar-refractivity contribution in [2.24, 2.45) is 5.92 Å². The Bertz CT molecular complexity index is 1710. The first-order valence-electron chi connectivity index (χ1n) is 14.7. The number of hydrogen-bond donors (Lipinski definition) is 2. The number of fused-ring (bicyclic) bond motifs is 1. The number of piperidine rings is 1. The summed E-state index contributed by atoms with van der Waals surface area (Å²) >= 11 is 0. The SMILES string of the molecule is COc1cc(F)c(C(=O)NC2CCN(C)CC2)cc1Nc1ncc(C(F)(F)F)c(C[C@@H]2Cc3ccccc3[C@H]2N(C)S(C)(=O)=O)n1. The molecular weight excluding hydrogens is 628 g/mol. The highest BCUT2D eigenvalue weighted by atomic mass is 32.2. The summed E-state index contributed by atoms with van der Waals surface area (Å²) in [5.74, 6) is -2.27. The van der Waals surface area contributed by atoms with E-state index in [1.54, 1.807) is 18.2 Å². The van der Waals surface area contributed by atoms with Gasteiger partial charge in [0.15, 0.2) is 0 Å². The van der Waals surface area contributed by atoms with Crippen LogP contribution in [-0.2, 0) is 29.0 Å². The fourth-order valence-electron chi connectivity index (χ4n) is 6.19. The fourth-order valence-corrected chi connectivity index (χ4v) is 6.89. The van der Waals surface area contributed by atoms with E-state index in [4.69, 9.17) is 4.74 Å². The number of halogens is 4. The molecule has 2 atom stereocenters. The summed E-state index contributed by atoms with van der Waals surface area (Å²) in [6, 6.07) is 8.55. The summed E-state index contributed by atoms with van der Waals surface area (Å²) in [6.45, 7) is 1.57. The van der Waals surface area contributed by atoms with Crippen molar-refractivity contribution >= 4 is 27.6 Å². The lowest BCUT2D eigenvalue weighted by Gasteiger charge is -2.29. The molecule has 1 amide bonds. The number of ether oxygens (including phenoxy) is 1. The van der Waals surface area contributed by atoms with Gasteiger partial charge in [0.1, 0.15) is 11.6 Å². The summed E-state index contributed by atoms with van der Waals surface area (Å²) in [5, 5.41) is 5.65. The molecule has 1 fully saturated rings. The number of anilines is 2. The van der Waals surface area contributed by atoms with Gasteiger partial charge in [-0.05, 0) is 68.9 Å². The first-order chi connectivity index (χ1) is 21.7. The van der Waals surface area contributed by atoms with E-state index in [0.29, 0.717) is 25.5 Å². The van der Waals surface area contributed by atoms with Gasteiger partial charge < -0.3 is 20.3 Å². The van der Waals surface area contributed by atoms with Gasteiger partial charge in [-0.1, -0.05) is 24.3 Å². The second-order valence-corrected chi connectivity index (χ2v) is 13.9. The molecule has 0 saturated carbocycles. The molecule has 10 nitrogen and oxygen atoms in total. The third-order valence-corrected chi connectivity index (χ3v) is 9.95. The lowest BCUT2D eigenvalue weighted by molar-refractivity contribution is -0.138. The van der Waals surface area contributed by atoms with Gasteiger partial charge >= 0.3 is 6.18 Å². The molecule has 3 aromatic rings. The van der Waals surface area contributed by atoms with Crippen LogP contribution in [0.25, 0.3) is 0 Å². The minimum absolute atomic E-state index is 0.0144. The fraction of sp³-hybridized carbons (Fsp3) is 0.452. The summed E-state index contributed by atoms with van der Waals surface area (Å²) in [5.41, 5.74) is -0.0227. The zero-order chi connectivity index (χ0) is 33.4. The van der Waals surface area contributed by atoms with E-state index < -0.39 is 45.4 Å². The molecule has 46 heavy (non-hydrogen) atoms. The minimum Gasteiger partial charge on any atom is -0.494 e. The van der Waals surface area contributed by atoms with Crippen molar-refractivity contribution in [2.45, 2.75) is 43.9 Å². The summed E-state index contributed by atoms with van der Waals surface area (Å²) in [6.07, 6.45) is -1.53. The molecule has 2 N–H and O–H groups in total. The number of methoxy groups -OCH3 is 1. The van der Waals surface area contributed by atoms with E-state index in [1.165, 1.54) is 24.5 Å². The number of sulfonamides is 1. The van der Waals surface area contributed by atoms with E-state index >= 15 is 4.39 Å². The number of nitrogens with one attached hydrogen (secondary N) is 2. The molecule has 0 spiro atoms. The van der Waals surface area contributed by atoms with Gasteiger partial charge in [-0.2, -0.15) is 17.5 Å². The number of benzene rings is 2. The number of carbonyl (C=O) groups is 1. The van der Waals surface area contributed by atoms with E-state index in [1.807, 2.05) is 13.1 Å². The average Bonchev–Trinajstić information content (AvgIpc) is 3.35. The molecule has 1 saturated heterocycles. The average molecular weight is 665 g/mol. The number of likely N-dealkylation sites (tertiary alicyclic amines) is 1. The molecule has 5 rings (SSSR count). The van der Waals surface area contributed by atoms with E-state index in [-0.39, 0.29) is 41.1 Å². The van der Waals surface area contributed by atoms with Gasteiger partial charge in [0, 0.05) is 25.4 Å². The summed E-state index contributed by atoms with van der Waals surface area (Å²) in [4.78, 5) is 23.3. The van der Waals surface area contributed by atoms with Crippen LogP contribution in [0, 0.1) is 11.7 Å². The zero-order valence-electron chi connectivity index (χ0n) is 25.9. The Morgan fingerprint density at radius 1 is 1.17 bits per heavy atom. The van der Waals surface area contributed by atoms with Crippen molar-refractivity contribution in [3.63, 3.8) is 0 Å². The van der Waals surface area contributed by atoms with Gasteiger partial charge in [0.05, 0.1) is 41.9 Å². The Kier molecular flexibility index (Phi) is 9.57. The minimum atomic E-state index is -4.79. The molecule has 0 bridgehead atoms. The van der Waals surface area contributed by atoms with Crippen LogP contribution in [0.1, 0.15) is 51.6 Å². The highest BCUT2D eigenvalue weighted by molar-refractivity contribution is 7.88. The van der Waals surface area contributed by atoms with Crippen LogP contribution in [0.5, 0.6) is 5.75 Å².